The van der Waals surface area contributed by atoms with Crippen LogP contribution in [0.2, 0.25) is 0 Å². The standard InChI is InChI=1S/C12H17BrN4/c1-4-8(3)6-15-12-10(11(13)14)9(5-2)16-7-17-12/h7,14H,3-6H2,1-2H3,(H,15,16,17). The maximum atomic E-state index is 7.73. The van der Waals surface area contributed by atoms with Gasteiger partial charge in [0.2, 0.25) is 0 Å². The Hall–Kier alpha value is -1.23. The number of nitrogens with zero attached hydrogens (tertiary/aromatic N) is 2. The van der Waals surface area contributed by atoms with Crippen molar-refractivity contribution in [2.75, 3.05) is 11.9 Å². The topological polar surface area (TPSA) is 61.7 Å². The minimum atomic E-state index is 0.305. The summed E-state index contributed by atoms with van der Waals surface area (Å²) in [5, 5.41) is 10.9. The zero-order chi connectivity index (χ0) is 12.8. The molecule has 1 heterocycles. The number of hydrogen-bond acceptors (Lipinski definition) is 4. The van der Waals surface area contributed by atoms with Gasteiger partial charge in [0.25, 0.3) is 0 Å². The maximum absolute atomic E-state index is 7.73. The SMILES string of the molecule is C=C(CC)CNc1ncnc(CC)c1C(=N)Br. The van der Waals surface area contributed by atoms with Crippen LogP contribution in [0.3, 0.4) is 0 Å². The minimum Gasteiger partial charge on any atom is -0.366 e. The molecule has 0 saturated carbocycles. The third kappa shape index (κ3) is 3.63. The Morgan fingerprint density at radius 1 is 1.47 bits per heavy atom. The van der Waals surface area contributed by atoms with E-state index < -0.39 is 0 Å². The van der Waals surface area contributed by atoms with Gasteiger partial charge in [0.05, 0.1) is 11.3 Å². The van der Waals surface area contributed by atoms with Crippen LogP contribution in [-0.2, 0) is 6.42 Å². The summed E-state index contributed by atoms with van der Waals surface area (Å²) in [6.45, 7) is 8.68. The lowest BCUT2D eigenvalue weighted by Crippen LogP contribution is -2.12. The summed E-state index contributed by atoms with van der Waals surface area (Å²) in [6, 6.07) is 0. The zero-order valence-corrected chi connectivity index (χ0v) is 11.8. The second kappa shape index (κ2) is 6.49. The molecule has 0 aromatic carbocycles. The summed E-state index contributed by atoms with van der Waals surface area (Å²) in [4.78, 5) is 8.36. The molecule has 17 heavy (non-hydrogen) atoms. The lowest BCUT2D eigenvalue weighted by molar-refractivity contribution is 0.978. The molecule has 0 aliphatic heterocycles. The molecule has 1 aromatic heterocycles. The fraction of sp³-hybridized carbons (Fsp3) is 0.417. The van der Waals surface area contributed by atoms with Gasteiger partial charge in [-0.2, -0.15) is 0 Å². The highest BCUT2D eigenvalue weighted by atomic mass is 79.9. The van der Waals surface area contributed by atoms with E-state index >= 15 is 0 Å². The van der Waals surface area contributed by atoms with Crippen molar-refractivity contribution < 1.29 is 0 Å². The van der Waals surface area contributed by atoms with Gasteiger partial charge < -0.3 is 5.32 Å². The Balaban J connectivity index is 2.98. The van der Waals surface area contributed by atoms with Gasteiger partial charge in [0.15, 0.2) is 0 Å². The second-order valence-corrected chi connectivity index (χ2v) is 4.46. The van der Waals surface area contributed by atoms with Gasteiger partial charge in [-0.05, 0) is 28.8 Å². The molecular formula is C12H17BrN4. The average molecular weight is 297 g/mol. The number of rotatable bonds is 6. The van der Waals surface area contributed by atoms with E-state index in [1.165, 1.54) is 6.33 Å². The normalized spacial score (nSPS) is 10.1. The van der Waals surface area contributed by atoms with Crippen LogP contribution in [0.5, 0.6) is 0 Å². The molecule has 1 aromatic rings. The second-order valence-electron chi connectivity index (χ2n) is 3.67. The molecule has 0 aliphatic rings. The maximum Gasteiger partial charge on any atom is 0.139 e. The Morgan fingerprint density at radius 2 is 2.18 bits per heavy atom. The van der Waals surface area contributed by atoms with E-state index in [0.717, 1.165) is 29.7 Å². The van der Waals surface area contributed by atoms with Crippen LogP contribution in [0.15, 0.2) is 18.5 Å². The van der Waals surface area contributed by atoms with E-state index in [1.807, 2.05) is 6.92 Å². The highest BCUT2D eigenvalue weighted by Crippen LogP contribution is 2.19. The molecule has 4 nitrogen and oxygen atoms in total. The van der Waals surface area contributed by atoms with Crippen LogP contribution in [0, 0.1) is 5.41 Å². The van der Waals surface area contributed by atoms with Gasteiger partial charge >= 0.3 is 0 Å². The Bertz CT molecular complexity index is 429. The summed E-state index contributed by atoms with van der Waals surface area (Å²) in [6.07, 6.45) is 3.23. The summed E-state index contributed by atoms with van der Waals surface area (Å²) in [7, 11) is 0. The first kappa shape index (κ1) is 13.8. The lowest BCUT2D eigenvalue weighted by atomic mass is 10.1. The highest BCUT2D eigenvalue weighted by molar-refractivity contribution is 9.18. The average Bonchev–Trinajstić information content (AvgIpc) is 2.34. The number of anilines is 1. The molecule has 0 saturated heterocycles. The van der Waals surface area contributed by atoms with E-state index in [1.54, 1.807) is 0 Å². The van der Waals surface area contributed by atoms with Crippen LogP contribution >= 0.6 is 15.9 Å². The fourth-order valence-electron chi connectivity index (χ4n) is 1.39. The van der Waals surface area contributed by atoms with Crippen molar-refractivity contribution in [3.05, 3.63) is 29.7 Å². The molecule has 92 valence electrons. The van der Waals surface area contributed by atoms with Crippen molar-refractivity contribution in [1.29, 1.82) is 5.41 Å². The van der Waals surface area contributed by atoms with E-state index in [2.05, 4.69) is 44.7 Å². The molecular weight excluding hydrogens is 280 g/mol. The van der Waals surface area contributed by atoms with Crippen molar-refractivity contribution in [2.45, 2.75) is 26.7 Å². The number of nitrogens with one attached hydrogen (secondary N) is 2. The molecule has 0 radical (unpaired) electrons. The smallest absolute Gasteiger partial charge is 0.139 e. The first-order valence-electron chi connectivity index (χ1n) is 5.58. The molecule has 0 amide bonds. The van der Waals surface area contributed by atoms with Gasteiger partial charge in [-0.15, -0.1) is 0 Å². The van der Waals surface area contributed by atoms with Crippen LogP contribution in [0.25, 0.3) is 0 Å². The van der Waals surface area contributed by atoms with E-state index in [0.29, 0.717) is 17.0 Å². The van der Waals surface area contributed by atoms with Crippen molar-refractivity contribution in [2.24, 2.45) is 0 Å². The van der Waals surface area contributed by atoms with E-state index in [9.17, 15) is 0 Å². The molecule has 0 fully saturated rings. The molecule has 0 atom stereocenters. The number of aryl methyl sites for hydroxylation is 1. The molecule has 5 heteroatoms. The van der Waals surface area contributed by atoms with Gasteiger partial charge in [0.1, 0.15) is 16.8 Å². The number of hydrogen-bond donors (Lipinski definition) is 2. The van der Waals surface area contributed by atoms with Gasteiger partial charge in [0, 0.05) is 6.54 Å². The first-order chi connectivity index (χ1) is 8.10. The monoisotopic (exact) mass is 296 g/mol. The predicted molar refractivity (Wildman–Crippen MR) is 75.1 cm³/mol. The summed E-state index contributed by atoms with van der Waals surface area (Å²) < 4.78 is 0.305. The largest absolute Gasteiger partial charge is 0.366 e. The predicted octanol–water partition coefficient (Wildman–Crippen LogP) is 3.14. The van der Waals surface area contributed by atoms with Gasteiger partial charge in [-0.25, -0.2) is 9.97 Å². The third-order valence-corrected chi connectivity index (χ3v) is 2.88. The van der Waals surface area contributed by atoms with E-state index in [4.69, 9.17) is 5.41 Å². The Kier molecular flexibility index (Phi) is 5.28. The summed E-state index contributed by atoms with van der Waals surface area (Å²) >= 11 is 3.19. The first-order valence-corrected chi connectivity index (χ1v) is 6.38. The van der Waals surface area contributed by atoms with Crippen molar-refractivity contribution >= 4 is 26.4 Å². The van der Waals surface area contributed by atoms with Crippen LogP contribution in [0.4, 0.5) is 5.82 Å². The van der Waals surface area contributed by atoms with Crippen LogP contribution in [0.1, 0.15) is 31.5 Å². The summed E-state index contributed by atoms with van der Waals surface area (Å²) in [5.41, 5.74) is 2.71. The van der Waals surface area contributed by atoms with Gasteiger partial charge in [-0.1, -0.05) is 26.0 Å². The van der Waals surface area contributed by atoms with E-state index in [-0.39, 0.29) is 0 Å². The Labute approximate surface area is 110 Å². The molecule has 2 N–H and O–H groups in total. The third-order valence-electron chi connectivity index (χ3n) is 2.49. The molecule has 0 unspecified atom stereocenters. The van der Waals surface area contributed by atoms with Crippen LogP contribution < -0.4 is 5.32 Å². The molecule has 0 spiro atoms. The number of halogens is 1. The van der Waals surface area contributed by atoms with Crippen molar-refractivity contribution in [1.82, 2.24) is 9.97 Å². The Morgan fingerprint density at radius 3 is 2.71 bits per heavy atom. The minimum absolute atomic E-state index is 0.305. The van der Waals surface area contributed by atoms with Gasteiger partial charge in [-0.3, -0.25) is 5.41 Å². The van der Waals surface area contributed by atoms with Crippen LogP contribution in [-0.4, -0.2) is 21.1 Å². The van der Waals surface area contributed by atoms with Crippen molar-refractivity contribution in [3.8, 4) is 0 Å². The summed E-state index contributed by atoms with van der Waals surface area (Å²) in [5.74, 6) is 0.688. The fourth-order valence-corrected chi connectivity index (χ4v) is 1.81. The molecule has 0 aliphatic carbocycles. The molecule has 1 rings (SSSR count). The number of aromatic nitrogens is 2. The molecule has 0 bridgehead atoms. The lowest BCUT2D eigenvalue weighted by Gasteiger charge is -2.12. The zero-order valence-electron chi connectivity index (χ0n) is 10.2. The highest BCUT2D eigenvalue weighted by Gasteiger charge is 2.12. The quantitative estimate of drug-likeness (QED) is 0.626. The van der Waals surface area contributed by atoms with Crippen molar-refractivity contribution in [3.63, 3.8) is 0 Å².